The van der Waals surface area contributed by atoms with Gasteiger partial charge < -0.3 is 5.11 Å². The number of hydrogen-bond donors (Lipinski definition) is 1. The van der Waals surface area contributed by atoms with Crippen LogP contribution in [0.25, 0.3) is 11.0 Å². The molecule has 0 amide bonds. The van der Waals surface area contributed by atoms with Crippen molar-refractivity contribution in [3.63, 3.8) is 0 Å². The number of carboxylic acids is 1. The molecule has 0 aliphatic carbocycles. The van der Waals surface area contributed by atoms with Crippen LogP contribution in [-0.4, -0.2) is 19.8 Å². The van der Waals surface area contributed by atoms with Crippen LogP contribution in [0.15, 0.2) is 42.5 Å². The summed E-state index contributed by atoms with van der Waals surface area (Å²) in [5.74, 6) is 5.11. The molecule has 1 heterocycles. The lowest BCUT2D eigenvalue weighted by Gasteiger charge is -1.94. The minimum atomic E-state index is -0.942. The molecule has 0 bridgehead atoms. The smallest absolute Gasteiger partial charge is 0.335 e. The Bertz CT molecular complexity index is 841. The predicted octanol–water partition coefficient (Wildman–Crippen LogP) is 2.79. The maximum absolute atomic E-state index is 10.8. The molecule has 0 unspecified atom stereocenters. The summed E-state index contributed by atoms with van der Waals surface area (Å²) in [4.78, 5) is 10.8. The molecular weight excluding hydrogens is 272 g/mol. The topological polar surface area (TPSA) is 63.1 Å². The van der Waals surface area contributed by atoms with E-state index in [0.29, 0.717) is 0 Å². The van der Waals surface area contributed by atoms with Gasteiger partial charge >= 0.3 is 5.97 Å². The number of carbonyl (C=O) groups is 1. The molecule has 0 aliphatic rings. The Labute approximate surface area is 119 Å². The minimum Gasteiger partial charge on any atom is -0.478 e. The molecule has 20 heavy (non-hydrogen) atoms. The molecule has 4 nitrogen and oxygen atoms in total. The highest BCUT2D eigenvalue weighted by molar-refractivity contribution is 7.00. The van der Waals surface area contributed by atoms with Crippen LogP contribution < -0.4 is 0 Å². The molecule has 0 aliphatic heterocycles. The van der Waals surface area contributed by atoms with E-state index in [1.165, 1.54) is 12.1 Å². The van der Waals surface area contributed by atoms with Crippen LogP contribution in [0.3, 0.4) is 0 Å². The van der Waals surface area contributed by atoms with Crippen molar-refractivity contribution in [2.45, 2.75) is 0 Å². The molecule has 0 radical (unpaired) electrons. The summed E-state index contributed by atoms with van der Waals surface area (Å²) in [7, 11) is 0. The summed E-state index contributed by atoms with van der Waals surface area (Å²) in [6, 6.07) is 12.1. The third-order valence-electron chi connectivity index (χ3n) is 2.76. The second kappa shape index (κ2) is 5.11. The van der Waals surface area contributed by atoms with E-state index in [1.54, 1.807) is 12.1 Å². The molecule has 96 valence electrons. The molecule has 0 atom stereocenters. The summed E-state index contributed by atoms with van der Waals surface area (Å²) in [6.45, 7) is 0. The van der Waals surface area contributed by atoms with Crippen LogP contribution in [0.5, 0.6) is 0 Å². The molecule has 1 aromatic heterocycles. The van der Waals surface area contributed by atoms with E-state index in [2.05, 4.69) is 20.6 Å². The van der Waals surface area contributed by atoms with Gasteiger partial charge in [0.1, 0.15) is 11.0 Å². The van der Waals surface area contributed by atoms with Gasteiger partial charge in [-0.3, -0.25) is 0 Å². The van der Waals surface area contributed by atoms with Gasteiger partial charge in [-0.05, 0) is 36.4 Å². The van der Waals surface area contributed by atoms with Crippen molar-refractivity contribution in [2.24, 2.45) is 0 Å². The number of aromatic carboxylic acids is 1. The van der Waals surface area contributed by atoms with Crippen molar-refractivity contribution >= 4 is 28.7 Å². The highest BCUT2D eigenvalue weighted by Crippen LogP contribution is 2.15. The maximum atomic E-state index is 10.8. The molecule has 1 N–H and O–H groups in total. The van der Waals surface area contributed by atoms with Gasteiger partial charge in [-0.1, -0.05) is 17.9 Å². The van der Waals surface area contributed by atoms with E-state index in [4.69, 9.17) is 5.11 Å². The van der Waals surface area contributed by atoms with Gasteiger partial charge in [0, 0.05) is 5.56 Å². The van der Waals surface area contributed by atoms with Gasteiger partial charge in [0.05, 0.1) is 22.9 Å². The Balaban J connectivity index is 1.95. The Morgan fingerprint density at radius 3 is 2.60 bits per heavy atom. The molecule has 5 heteroatoms. The first-order valence-electron chi connectivity index (χ1n) is 5.81. The summed E-state index contributed by atoms with van der Waals surface area (Å²) >= 11 is 1.16. The molecule has 3 aromatic rings. The van der Waals surface area contributed by atoms with Crippen LogP contribution in [0.4, 0.5) is 0 Å². The molecule has 3 rings (SSSR count). The Morgan fingerprint density at radius 2 is 1.85 bits per heavy atom. The molecule has 0 saturated heterocycles. The van der Waals surface area contributed by atoms with Gasteiger partial charge in [0.15, 0.2) is 0 Å². The number of benzene rings is 2. The molecule has 0 saturated carbocycles. The number of carboxylic acid groups (broad SMARTS) is 1. The fourth-order valence-corrected chi connectivity index (χ4v) is 2.29. The largest absolute Gasteiger partial charge is 0.478 e. The fraction of sp³-hybridized carbons (Fsp3) is 0. The second-order valence-electron chi connectivity index (χ2n) is 4.07. The predicted molar refractivity (Wildman–Crippen MR) is 76.8 cm³/mol. The first-order chi connectivity index (χ1) is 9.74. The highest BCUT2D eigenvalue weighted by Gasteiger charge is 2.02. The monoisotopic (exact) mass is 280 g/mol. The minimum absolute atomic E-state index is 0.251. The van der Waals surface area contributed by atoms with Crippen LogP contribution in [0.1, 0.15) is 21.5 Å². The average molecular weight is 280 g/mol. The van der Waals surface area contributed by atoms with Gasteiger partial charge in [-0.2, -0.15) is 8.75 Å². The molecular formula is C15H8N2O2S. The first-order valence-corrected chi connectivity index (χ1v) is 6.54. The third-order valence-corrected chi connectivity index (χ3v) is 3.30. The number of hydrogen-bond acceptors (Lipinski definition) is 4. The zero-order chi connectivity index (χ0) is 13.9. The van der Waals surface area contributed by atoms with Crippen molar-refractivity contribution in [3.8, 4) is 11.8 Å². The number of fused-ring (bicyclic) bond motifs is 1. The van der Waals surface area contributed by atoms with E-state index in [0.717, 1.165) is 33.9 Å². The zero-order valence-electron chi connectivity index (χ0n) is 10.2. The van der Waals surface area contributed by atoms with Crippen molar-refractivity contribution in [1.29, 1.82) is 0 Å². The Kier molecular flexibility index (Phi) is 3.15. The van der Waals surface area contributed by atoms with Crippen LogP contribution in [-0.2, 0) is 0 Å². The van der Waals surface area contributed by atoms with Crippen LogP contribution in [0, 0.1) is 11.8 Å². The zero-order valence-corrected chi connectivity index (χ0v) is 11.0. The SMILES string of the molecule is O=C(O)c1ccc(C#Cc2cccc3nsnc23)cc1. The lowest BCUT2D eigenvalue weighted by Crippen LogP contribution is -1.94. The van der Waals surface area contributed by atoms with Gasteiger partial charge in [-0.15, -0.1) is 0 Å². The molecule has 0 spiro atoms. The molecule has 2 aromatic carbocycles. The summed E-state index contributed by atoms with van der Waals surface area (Å²) in [5.41, 5.74) is 3.46. The van der Waals surface area contributed by atoms with Crippen molar-refractivity contribution in [1.82, 2.24) is 8.75 Å². The lowest BCUT2D eigenvalue weighted by molar-refractivity contribution is 0.0697. The summed E-state index contributed by atoms with van der Waals surface area (Å²) in [5, 5.41) is 8.83. The van der Waals surface area contributed by atoms with Gasteiger partial charge in [0.25, 0.3) is 0 Å². The van der Waals surface area contributed by atoms with E-state index in [-0.39, 0.29) is 5.56 Å². The molecule has 0 fully saturated rings. The van der Waals surface area contributed by atoms with Crippen LogP contribution >= 0.6 is 11.7 Å². The van der Waals surface area contributed by atoms with Gasteiger partial charge in [0.2, 0.25) is 0 Å². The summed E-state index contributed by atoms with van der Waals surface area (Å²) < 4.78 is 8.38. The lowest BCUT2D eigenvalue weighted by atomic mass is 10.1. The second-order valence-corrected chi connectivity index (χ2v) is 4.60. The van der Waals surface area contributed by atoms with Crippen molar-refractivity contribution in [3.05, 3.63) is 59.2 Å². The van der Waals surface area contributed by atoms with E-state index >= 15 is 0 Å². The standard InChI is InChI=1S/C15H8N2O2S/c18-15(19)12-8-5-10(6-9-12)4-7-11-2-1-3-13-14(11)17-20-16-13/h1-3,5-6,8-9H,(H,18,19). The number of aromatic nitrogens is 2. The first kappa shape index (κ1) is 12.3. The number of rotatable bonds is 1. The summed E-state index contributed by atoms with van der Waals surface area (Å²) in [6.07, 6.45) is 0. The third kappa shape index (κ3) is 2.37. The fourth-order valence-electron chi connectivity index (χ4n) is 1.74. The highest BCUT2D eigenvalue weighted by atomic mass is 32.1. The van der Waals surface area contributed by atoms with Crippen molar-refractivity contribution < 1.29 is 9.90 Å². The van der Waals surface area contributed by atoms with E-state index < -0.39 is 5.97 Å². The van der Waals surface area contributed by atoms with Gasteiger partial charge in [-0.25, -0.2) is 4.79 Å². The normalized spacial score (nSPS) is 10.0. The maximum Gasteiger partial charge on any atom is 0.335 e. The Hall–Kier alpha value is -2.71. The quantitative estimate of drug-likeness (QED) is 0.696. The van der Waals surface area contributed by atoms with Crippen molar-refractivity contribution in [2.75, 3.05) is 0 Å². The average Bonchev–Trinajstić information content (AvgIpc) is 2.94. The Morgan fingerprint density at radius 1 is 1.05 bits per heavy atom. The van der Waals surface area contributed by atoms with E-state index in [9.17, 15) is 4.79 Å². The number of nitrogens with zero attached hydrogens (tertiary/aromatic N) is 2. The van der Waals surface area contributed by atoms with E-state index in [1.807, 2.05) is 18.2 Å². The van der Waals surface area contributed by atoms with Crippen LogP contribution in [0.2, 0.25) is 0 Å².